The van der Waals surface area contributed by atoms with Gasteiger partial charge in [0, 0.05) is 24.5 Å². The smallest absolute Gasteiger partial charge is 0.157 e. The molecule has 1 saturated heterocycles. The molecule has 2 heterocycles. The highest BCUT2D eigenvalue weighted by Crippen LogP contribution is 2.29. The Bertz CT molecular complexity index is 455. The van der Waals surface area contributed by atoms with Gasteiger partial charge < -0.3 is 10.1 Å². The van der Waals surface area contributed by atoms with E-state index in [2.05, 4.69) is 24.1 Å². The number of hydrogen-bond acceptors (Lipinski definition) is 4. The number of aromatic nitrogens is 2. The van der Waals surface area contributed by atoms with Crippen LogP contribution in [0.2, 0.25) is 0 Å². The first-order valence-electron chi connectivity index (χ1n) is 7.92. The summed E-state index contributed by atoms with van der Waals surface area (Å²) in [5, 5.41) is 3.54. The molecule has 0 bridgehead atoms. The lowest BCUT2D eigenvalue weighted by Gasteiger charge is -2.25. The maximum absolute atomic E-state index is 5.68. The molecule has 0 radical (unpaired) electrons. The summed E-state index contributed by atoms with van der Waals surface area (Å²) in [4.78, 5) is 9.32. The number of nitrogens with one attached hydrogen (secondary N) is 1. The predicted molar refractivity (Wildman–Crippen MR) is 78.6 cm³/mol. The zero-order chi connectivity index (χ0) is 13.9. The molecule has 2 aliphatic rings. The van der Waals surface area contributed by atoms with Crippen LogP contribution in [-0.2, 0) is 17.6 Å². The van der Waals surface area contributed by atoms with Crippen molar-refractivity contribution in [1.29, 1.82) is 0 Å². The van der Waals surface area contributed by atoms with Gasteiger partial charge in [-0.15, -0.1) is 0 Å². The molecule has 4 nitrogen and oxygen atoms in total. The number of nitrogens with zero attached hydrogens (tertiary/aromatic N) is 2. The molecule has 0 saturated carbocycles. The monoisotopic (exact) mass is 275 g/mol. The number of ether oxygens (including phenoxy) is 1. The van der Waals surface area contributed by atoms with Crippen LogP contribution >= 0.6 is 0 Å². The first-order chi connectivity index (χ1) is 9.72. The molecule has 2 atom stereocenters. The molecule has 0 spiro atoms. The average Bonchev–Trinajstić information content (AvgIpc) is 2.98. The molecular weight excluding hydrogens is 250 g/mol. The molecule has 1 aliphatic carbocycles. The molecule has 20 heavy (non-hydrogen) atoms. The molecule has 0 amide bonds. The fourth-order valence-corrected chi connectivity index (χ4v) is 3.11. The van der Waals surface area contributed by atoms with Crippen LogP contribution in [0.4, 0.5) is 0 Å². The number of fused-ring (bicyclic) bond motifs is 1. The van der Waals surface area contributed by atoms with Crippen LogP contribution in [0.3, 0.4) is 0 Å². The SMILES string of the molecule is CC(C)NCC1CCc2nc(C3CCCO3)ncc2C1. The molecule has 1 aromatic rings. The number of hydrogen-bond donors (Lipinski definition) is 1. The van der Waals surface area contributed by atoms with Crippen molar-refractivity contribution >= 4 is 0 Å². The molecule has 2 unspecified atom stereocenters. The van der Waals surface area contributed by atoms with Crippen molar-refractivity contribution in [2.75, 3.05) is 13.2 Å². The fraction of sp³-hybridized carbons (Fsp3) is 0.750. The minimum Gasteiger partial charge on any atom is -0.370 e. The molecule has 4 heteroatoms. The molecular formula is C16H25N3O. The van der Waals surface area contributed by atoms with Gasteiger partial charge in [-0.2, -0.15) is 0 Å². The zero-order valence-electron chi connectivity index (χ0n) is 12.6. The maximum Gasteiger partial charge on any atom is 0.157 e. The van der Waals surface area contributed by atoms with Gasteiger partial charge in [-0.25, -0.2) is 9.97 Å². The number of rotatable bonds is 4. The minimum atomic E-state index is 0.139. The fourth-order valence-electron chi connectivity index (χ4n) is 3.11. The summed E-state index contributed by atoms with van der Waals surface area (Å²) in [7, 11) is 0. The second-order valence-corrected chi connectivity index (χ2v) is 6.37. The summed E-state index contributed by atoms with van der Waals surface area (Å²) < 4.78 is 5.68. The van der Waals surface area contributed by atoms with Crippen molar-refractivity contribution in [3.05, 3.63) is 23.3 Å². The van der Waals surface area contributed by atoms with E-state index in [9.17, 15) is 0 Å². The van der Waals surface area contributed by atoms with E-state index in [1.807, 2.05) is 6.20 Å². The quantitative estimate of drug-likeness (QED) is 0.917. The van der Waals surface area contributed by atoms with Crippen LogP contribution < -0.4 is 5.32 Å². The summed E-state index contributed by atoms with van der Waals surface area (Å²) in [6, 6.07) is 0.564. The first kappa shape index (κ1) is 14.0. The summed E-state index contributed by atoms with van der Waals surface area (Å²) in [5.41, 5.74) is 2.60. The minimum absolute atomic E-state index is 0.139. The Balaban J connectivity index is 1.65. The van der Waals surface area contributed by atoms with Crippen molar-refractivity contribution in [2.45, 2.75) is 58.1 Å². The largest absolute Gasteiger partial charge is 0.370 e. The van der Waals surface area contributed by atoms with E-state index in [4.69, 9.17) is 9.72 Å². The third kappa shape index (κ3) is 3.18. The van der Waals surface area contributed by atoms with Gasteiger partial charge in [-0.05, 0) is 50.1 Å². The van der Waals surface area contributed by atoms with Crippen molar-refractivity contribution in [3.8, 4) is 0 Å². The van der Waals surface area contributed by atoms with Crippen LogP contribution in [-0.4, -0.2) is 29.2 Å². The van der Waals surface area contributed by atoms with E-state index < -0.39 is 0 Å². The van der Waals surface area contributed by atoms with Gasteiger partial charge in [0.15, 0.2) is 5.82 Å². The highest BCUT2D eigenvalue weighted by atomic mass is 16.5. The van der Waals surface area contributed by atoms with Crippen molar-refractivity contribution in [1.82, 2.24) is 15.3 Å². The van der Waals surface area contributed by atoms with Gasteiger partial charge in [0.1, 0.15) is 6.10 Å². The van der Waals surface area contributed by atoms with Gasteiger partial charge in [-0.3, -0.25) is 0 Å². The number of aryl methyl sites for hydroxylation is 1. The van der Waals surface area contributed by atoms with Crippen LogP contribution in [0, 0.1) is 5.92 Å². The Morgan fingerprint density at radius 3 is 3.05 bits per heavy atom. The van der Waals surface area contributed by atoms with Gasteiger partial charge in [0.05, 0.1) is 0 Å². The third-order valence-electron chi connectivity index (χ3n) is 4.30. The van der Waals surface area contributed by atoms with Gasteiger partial charge >= 0.3 is 0 Å². The van der Waals surface area contributed by atoms with Crippen LogP contribution in [0.5, 0.6) is 0 Å². The topological polar surface area (TPSA) is 47.0 Å². The summed E-state index contributed by atoms with van der Waals surface area (Å²) >= 11 is 0. The Labute approximate surface area is 121 Å². The van der Waals surface area contributed by atoms with E-state index in [0.717, 1.165) is 50.6 Å². The summed E-state index contributed by atoms with van der Waals surface area (Å²) in [5.74, 6) is 1.63. The van der Waals surface area contributed by atoms with Gasteiger partial charge in [0.25, 0.3) is 0 Å². The third-order valence-corrected chi connectivity index (χ3v) is 4.30. The average molecular weight is 275 g/mol. The standard InChI is InChI=1S/C16H25N3O/c1-11(2)17-9-12-5-6-14-13(8-12)10-18-16(19-14)15-4-3-7-20-15/h10-12,15,17H,3-9H2,1-2H3. The van der Waals surface area contributed by atoms with E-state index >= 15 is 0 Å². The van der Waals surface area contributed by atoms with Crippen LogP contribution in [0.15, 0.2) is 6.20 Å². The van der Waals surface area contributed by atoms with Gasteiger partial charge in [-0.1, -0.05) is 13.8 Å². The summed E-state index contributed by atoms with van der Waals surface area (Å²) in [6.45, 7) is 6.36. The molecule has 110 valence electrons. The van der Waals surface area contributed by atoms with Crippen molar-refractivity contribution in [2.24, 2.45) is 5.92 Å². The Kier molecular flexibility index (Phi) is 4.32. The highest BCUT2D eigenvalue weighted by Gasteiger charge is 2.24. The first-order valence-corrected chi connectivity index (χ1v) is 7.92. The van der Waals surface area contributed by atoms with Gasteiger partial charge in [0.2, 0.25) is 0 Å². The van der Waals surface area contributed by atoms with Crippen molar-refractivity contribution in [3.63, 3.8) is 0 Å². The Morgan fingerprint density at radius 2 is 2.30 bits per heavy atom. The van der Waals surface area contributed by atoms with E-state index in [1.54, 1.807) is 0 Å². The van der Waals surface area contributed by atoms with Crippen molar-refractivity contribution < 1.29 is 4.74 Å². The molecule has 1 aliphatic heterocycles. The van der Waals surface area contributed by atoms with E-state index in [-0.39, 0.29) is 6.10 Å². The van der Waals surface area contributed by atoms with Crippen LogP contribution in [0.25, 0.3) is 0 Å². The lowest BCUT2D eigenvalue weighted by atomic mass is 9.87. The second kappa shape index (κ2) is 6.19. The van der Waals surface area contributed by atoms with Crippen LogP contribution in [0.1, 0.15) is 56.3 Å². The Morgan fingerprint density at radius 1 is 1.40 bits per heavy atom. The molecule has 1 N–H and O–H groups in total. The maximum atomic E-state index is 5.68. The predicted octanol–water partition coefficient (Wildman–Crippen LogP) is 2.43. The Hall–Kier alpha value is -1.00. The molecule has 1 fully saturated rings. The molecule has 0 aromatic carbocycles. The normalized spacial score (nSPS) is 25.9. The molecule has 3 rings (SSSR count). The highest BCUT2D eigenvalue weighted by molar-refractivity contribution is 5.22. The molecule has 1 aromatic heterocycles. The van der Waals surface area contributed by atoms with E-state index in [1.165, 1.54) is 17.7 Å². The lowest BCUT2D eigenvalue weighted by molar-refractivity contribution is 0.104. The second-order valence-electron chi connectivity index (χ2n) is 6.37. The summed E-state index contributed by atoms with van der Waals surface area (Å²) in [6.07, 6.45) is 7.81. The zero-order valence-corrected chi connectivity index (χ0v) is 12.6. The van der Waals surface area contributed by atoms with E-state index in [0.29, 0.717) is 6.04 Å². The lowest BCUT2D eigenvalue weighted by Crippen LogP contribution is -2.32.